The molecular weight excluding hydrogens is 248 g/mol. The number of hydrogen-bond acceptors (Lipinski definition) is 2. The van der Waals surface area contributed by atoms with Crippen LogP contribution in [0.3, 0.4) is 0 Å². The number of aliphatic hydroxyl groups is 1. The van der Waals surface area contributed by atoms with Crippen LogP contribution in [0, 0.1) is 6.92 Å². The molecule has 3 rings (SSSR count). The Kier molecular flexibility index (Phi) is 4.08. The highest BCUT2D eigenvalue weighted by molar-refractivity contribution is 5.84. The van der Waals surface area contributed by atoms with Crippen LogP contribution in [0.15, 0.2) is 24.3 Å². The van der Waals surface area contributed by atoms with Crippen LogP contribution in [0.1, 0.15) is 30.5 Å². The Morgan fingerprint density at radius 1 is 1.25 bits per heavy atom. The molecule has 0 atom stereocenters. The molecule has 1 fully saturated rings. The Labute approximate surface area is 120 Å². The molecule has 1 aliphatic rings. The van der Waals surface area contributed by atoms with Crippen LogP contribution in [0.2, 0.25) is 0 Å². The first kappa shape index (κ1) is 13.7. The fourth-order valence-corrected chi connectivity index (χ4v) is 3.28. The number of benzene rings is 1. The molecule has 3 heteroatoms. The van der Waals surface area contributed by atoms with Crippen molar-refractivity contribution >= 4 is 10.9 Å². The van der Waals surface area contributed by atoms with Crippen molar-refractivity contribution in [2.45, 2.75) is 38.7 Å². The molecule has 1 aromatic heterocycles. The second kappa shape index (κ2) is 5.98. The lowest BCUT2D eigenvalue weighted by molar-refractivity contribution is 0.0821. The molecule has 1 aromatic carbocycles. The molecule has 0 spiro atoms. The van der Waals surface area contributed by atoms with Crippen molar-refractivity contribution in [1.29, 1.82) is 0 Å². The van der Waals surface area contributed by atoms with E-state index in [1.54, 1.807) is 0 Å². The van der Waals surface area contributed by atoms with Crippen LogP contribution >= 0.6 is 0 Å². The number of aromatic nitrogens is 1. The molecule has 0 radical (unpaired) electrons. The van der Waals surface area contributed by atoms with E-state index in [1.165, 1.54) is 28.6 Å². The molecule has 0 unspecified atom stereocenters. The number of aliphatic hydroxyl groups excluding tert-OH is 1. The molecule has 1 saturated heterocycles. The molecule has 0 aliphatic carbocycles. The summed E-state index contributed by atoms with van der Waals surface area (Å²) in [5.74, 6) is 0. The van der Waals surface area contributed by atoms with Gasteiger partial charge < -0.3 is 15.0 Å². The SMILES string of the molecule is Cc1[nH]c2ccccc2c1CCCN1CCC(O)CC1. The van der Waals surface area contributed by atoms with Crippen molar-refractivity contribution < 1.29 is 5.11 Å². The molecule has 108 valence electrons. The highest BCUT2D eigenvalue weighted by atomic mass is 16.3. The second-order valence-electron chi connectivity index (χ2n) is 5.95. The Morgan fingerprint density at radius 3 is 2.80 bits per heavy atom. The third-order valence-corrected chi connectivity index (χ3v) is 4.49. The molecular formula is C17H24N2O. The standard InChI is InChI=1S/C17H24N2O/c1-13-15(16-5-2-3-7-17(16)18-13)6-4-10-19-11-8-14(20)9-12-19/h2-3,5,7,14,18,20H,4,6,8-12H2,1H3. The largest absolute Gasteiger partial charge is 0.393 e. The maximum Gasteiger partial charge on any atom is 0.0564 e. The normalized spacial score (nSPS) is 17.9. The van der Waals surface area contributed by atoms with Gasteiger partial charge in [-0.3, -0.25) is 0 Å². The Morgan fingerprint density at radius 2 is 2.00 bits per heavy atom. The zero-order valence-corrected chi connectivity index (χ0v) is 12.2. The number of nitrogens with zero attached hydrogens (tertiary/aromatic N) is 1. The molecule has 2 N–H and O–H groups in total. The van der Waals surface area contributed by atoms with Gasteiger partial charge in [0.2, 0.25) is 0 Å². The number of aryl methyl sites for hydroxylation is 2. The summed E-state index contributed by atoms with van der Waals surface area (Å²) in [4.78, 5) is 5.96. The van der Waals surface area contributed by atoms with E-state index in [9.17, 15) is 5.11 Å². The van der Waals surface area contributed by atoms with E-state index in [-0.39, 0.29) is 6.10 Å². The van der Waals surface area contributed by atoms with Gasteiger partial charge in [-0.05, 0) is 50.8 Å². The summed E-state index contributed by atoms with van der Waals surface area (Å²) in [7, 11) is 0. The lowest BCUT2D eigenvalue weighted by atomic mass is 10.0. The summed E-state index contributed by atoms with van der Waals surface area (Å²) >= 11 is 0. The van der Waals surface area contributed by atoms with Crippen LogP contribution < -0.4 is 0 Å². The summed E-state index contributed by atoms with van der Waals surface area (Å²) in [5.41, 5.74) is 4.03. The lowest BCUT2D eigenvalue weighted by Crippen LogP contribution is -2.36. The van der Waals surface area contributed by atoms with E-state index in [4.69, 9.17) is 0 Å². The van der Waals surface area contributed by atoms with Crippen LogP contribution in [-0.4, -0.2) is 40.7 Å². The minimum atomic E-state index is -0.0675. The number of nitrogens with one attached hydrogen (secondary N) is 1. The van der Waals surface area contributed by atoms with Crippen LogP contribution in [0.5, 0.6) is 0 Å². The first-order chi connectivity index (χ1) is 9.74. The van der Waals surface area contributed by atoms with Gasteiger partial charge in [-0.15, -0.1) is 0 Å². The summed E-state index contributed by atoms with van der Waals surface area (Å²) < 4.78 is 0. The van der Waals surface area contributed by atoms with Crippen molar-refractivity contribution in [3.8, 4) is 0 Å². The van der Waals surface area contributed by atoms with Gasteiger partial charge in [0, 0.05) is 29.7 Å². The summed E-state index contributed by atoms with van der Waals surface area (Å²) in [6.45, 7) is 5.42. The summed E-state index contributed by atoms with van der Waals surface area (Å²) in [6.07, 6.45) is 4.13. The number of rotatable bonds is 4. The number of likely N-dealkylation sites (tertiary alicyclic amines) is 1. The third kappa shape index (κ3) is 2.89. The molecule has 2 aromatic rings. The third-order valence-electron chi connectivity index (χ3n) is 4.49. The van der Waals surface area contributed by atoms with Gasteiger partial charge in [0.05, 0.1) is 6.10 Å². The molecule has 20 heavy (non-hydrogen) atoms. The monoisotopic (exact) mass is 272 g/mol. The van der Waals surface area contributed by atoms with Crippen LogP contribution in [0.25, 0.3) is 10.9 Å². The summed E-state index contributed by atoms with van der Waals surface area (Å²) in [5, 5.41) is 10.9. The molecule has 3 nitrogen and oxygen atoms in total. The number of hydrogen-bond donors (Lipinski definition) is 2. The van der Waals surface area contributed by atoms with E-state index in [1.807, 2.05) is 0 Å². The van der Waals surface area contributed by atoms with E-state index in [2.05, 4.69) is 41.1 Å². The maximum atomic E-state index is 9.53. The fourth-order valence-electron chi connectivity index (χ4n) is 3.28. The van der Waals surface area contributed by atoms with Gasteiger partial charge in [-0.1, -0.05) is 18.2 Å². The smallest absolute Gasteiger partial charge is 0.0564 e. The molecule has 0 bridgehead atoms. The number of H-pyrrole nitrogens is 1. The Hall–Kier alpha value is -1.32. The van der Waals surface area contributed by atoms with E-state index in [0.29, 0.717) is 0 Å². The zero-order chi connectivity index (χ0) is 13.9. The average Bonchev–Trinajstić information content (AvgIpc) is 2.77. The van der Waals surface area contributed by atoms with Gasteiger partial charge in [0.1, 0.15) is 0 Å². The predicted molar refractivity (Wildman–Crippen MR) is 83.0 cm³/mol. The molecule has 1 aliphatic heterocycles. The quantitative estimate of drug-likeness (QED) is 0.898. The van der Waals surface area contributed by atoms with Crippen LogP contribution in [-0.2, 0) is 6.42 Å². The van der Waals surface area contributed by atoms with E-state index in [0.717, 1.165) is 38.9 Å². The van der Waals surface area contributed by atoms with Crippen molar-refractivity contribution in [2.75, 3.05) is 19.6 Å². The first-order valence-electron chi connectivity index (χ1n) is 7.70. The summed E-state index contributed by atoms with van der Waals surface area (Å²) in [6, 6.07) is 8.56. The first-order valence-corrected chi connectivity index (χ1v) is 7.70. The highest BCUT2D eigenvalue weighted by Crippen LogP contribution is 2.23. The fraction of sp³-hybridized carbons (Fsp3) is 0.529. The Bertz CT molecular complexity index is 567. The number of para-hydroxylation sites is 1. The number of aromatic amines is 1. The number of fused-ring (bicyclic) bond motifs is 1. The minimum absolute atomic E-state index is 0.0675. The van der Waals surface area contributed by atoms with Crippen molar-refractivity contribution in [2.24, 2.45) is 0 Å². The maximum absolute atomic E-state index is 9.53. The van der Waals surface area contributed by atoms with Gasteiger partial charge in [0.25, 0.3) is 0 Å². The van der Waals surface area contributed by atoms with Crippen LogP contribution in [0.4, 0.5) is 0 Å². The molecule has 2 heterocycles. The Balaban J connectivity index is 1.59. The highest BCUT2D eigenvalue weighted by Gasteiger charge is 2.16. The minimum Gasteiger partial charge on any atom is -0.393 e. The van der Waals surface area contributed by atoms with Crippen molar-refractivity contribution in [3.05, 3.63) is 35.5 Å². The zero-order valence-electron chi connectivity index (χ0n) is 12.2. The van der Waals surface area contributed by atoms with Gasteiger partial charge in [0.15, 0.2) is 0 Å². The van der Waals surface area contributed by atoms with E-state index >= 15 is 0 Å². The number of piperidine rings is 1. The topological polar surface area (TPSA) is 39.3 Å². The van der Waals surface area contributed by atoms with Crippen molar-refractivity contribution in [1.82, 2.24) is 9.88 Å². The molecule has 0 amide bonds. The van der Waals surface area contributed by atoms with Gasteiger partial charge in [-0.2, -0.15) is 0 Å². The molecule has 0 saturated carbocycles. The predicted octanol–water partition coefficient (Wildman–Crippen LogP) is 2.87. The second-order valence-corrected chi connectivity index (χ2v) is 5.95. The lowest BCUT2D eigenvalue weighted by Gasteiger charge is -2.29. The van der Waals surface area contributed by atoms with Gasteiger partial charge in [-0.25, -0.2) is 0 Å². The van der Waals surface area contributed by atoms with Gasteiger partial charge >= 0.3 is 0 Å². The average molecular weight is 272 g/mol. The van der Waals surface area contributed by atoms with E-state index < -0.39 is 0 Å². The van der Waals surface area contributed by atoms with Crippen molar-refractivity contribution in [3.63, 3.8) is 0 Å².